The molecule has 0 saturated heterocycles. The van der Waals surface area contributed by atoms with Gasteiger partial charge in [0.05, 0.1) is 13.7 Å². The lowest BCUT2D eigenvalue weighted by atomic mass is 10.2. The van der Waals surface area contributed by atoms with Crippen LogP contribution in [0.25, 0.3) is 0 Å². The molecule has 0 aliphatic heterocycles. The minimum atomic E-state index is -3.94. The molecule has 1 aromatic carbocycles. The molecule has 9 heteroatoms. The van der Waals surface area contributed by atoms with Crippen LogP contribution in [0.2, 0.25) is 0 Å². The largest absolute Gasteiger partial charge is 0.467 e. The van der Waals surface area contributed by atoms with Crippen LogP contribution < -0.4 is 5.32 Å². The summed E-state index contributed by atoms with van der Waals surface area (Å²) in [4.78, 5) is 23.5. The first-order chi connectivity index (χ1) is 11.5. The highest BCUT2D eigenvalue weighted by Crippen LogP contribution is 2.09. The van der Waals surface area contributed by atoms with Gasteiger partial charge >= 0.3 is 12.1 Å². The third-order valence-corrected chi connectivity index (χ3v) is 3.96. The third kappa shape index (κ3) is 8.50. The van der Waals surface area contributed by atoms with Crippen LogP contribution in [0.1, 0.15) is 26.3 Å². The van der Waals surface area contributed by atoms with E-state index in [0.29, 0.717) is 5.56 Å². The van der Waals surface area contributed by atoms with E-state index < -0.39 is 40.4 Å². The number of rotatable bonds is 7. The van der Waals surface area contributed by atoms with Crippen molar-refractivity contribution in [3.63, 3.8) is 0 Å². The first kappa shape index (κ1) is 20.9. The second-order valence-electron chi connectivity index (χ2n) is 6.19. The molecule has 0 heterocycles. The van der Waals surface area contributed by atoms with Gasteiger partial charge in [-0.2, -0.15) is 8.42 Å². The molecule has 0 aliphatic carbocycles. The van der Waals surface area contributed by atoms with Crippen LogP contribution in [0.3, 0.4) is 0 Å². The Bertz CT molecular complexity index is 680. The first-order valence-corrected chi connectivity index (χ1v) is 9.08. The van der Waals surface area contributed by atoms with E-state index in [1.54, 1.807) is 51.1 Å². The van der Waals surface area contributed by atoms with Crippen LogP contribution >= 0.6 is 0 Å². The lowest BCUT2D eigenvalue weighted by Crippen LogP contribution is -2.47. The van der Waals surface area contributed by atoms with Crippen molar-refractivity contribution in [3.05, 3.63) is 35.9 Å². The van der Waals surface area contributed by atoms with Crippen LogP contribution in [-0.4, -0.2) is 45.8 Å². The molecule has 0 bridgehead atoms. The SMILES string of the molecule is COC(=O)[C@H](COS(=O)(=O)Cc1ccccc1)NC(=O)OC(C)(C)C. The van der Waals surface area contributed by atoms with Crippen molar-refractivity contribution in [1.82, 2.24) is 5.32 Å². The predicted octanol–water partition coefficient (Wildman–Crippen LogP) is 1.60. The molecule has 25 heavy (non-hydrogen) atoms. The van der Waals surface area contributed by atoms with Gasteiger partial charge in [-0.1, -0.05) is 30.3 Å². The van der Waals surface area contributed by atoms with Gasteiger partial charge in [-0.25, -0.2) is 9.59 Å². The van der Waals surface area contributed by atoms with Crippen molar-refractivity contribution in [2.75, 3.05) is 13.7 Å². The van der Waals surface area contributed by atoms with Gasteiger partial charge in [-0.05, 0) is 26.3 Å². The Kier molecular flexibility index (Phi) is 7.38. The normalized spacial score (nSPS) is 13.0. The highest BCUT2D eigenvalue weighted by molar-refractivity contribution is 7.85. The summed E-state index contributed by atoms with van der Waals surface area (Å²) in [6.45, 7) is 4.36. The van der Waals surface area contributed by atoms with Crippen molar-refractivity contribution in [2.24, 2.45) is 0 Å². The van der Waals surface area contributed by atoms with Gasteiger partial charge in [0.25, 0.3) is 10.1 Å². The van der Waals surface area contributed by atoms with Gasteiger partial charge in [0.15, 0.2) is 6.04 Å². The summed E-state index contributed by atoms with van der Waals surface area (Å²) in [7, 11) is -2.83. The Labute approximate surface area is 147 Å². The Morgan fingerprint density at radius 3 is 2.28 bits per heavy atom. The number of alkyl carbamates (subject to hydrolysis) is 1. The fourth-order valence-electron chi connectivity index (χ4n) is 1.75. The maximum absolute atomic E-state index is 12.0. The predicted molar refractivity (Wildman–Crippen MR) is 90.2 cm³/mol. The quantitative estimate of drug-likeness (QED) is 0.571. The van der Waals surface area contributed by atoms with Gasteiger partial charge in [0.2, 0.25) is 0 Å². The summed E-state index contributed by atoms with van der Waals surface area (Å²) in [6.07, 6.45) is -0.882. The second kappa shape index (κ2) is 8.82. The van der Waals surface area contributed by atoms with E-state index >= 15 is 0 Å². The molecule has 1 aromatic rings. The Balaban J connectivity index is 2.69. The molecule has 1 rings (SSSR count). The maximum atomic E-state index is 12.0. The van der Waals surface area contributed by atoms with Gasteiger partial charge in [-0.15, -0.1) is 0 Å². The number of hydrogen-bond acceptors (Lipinski definition) is 7. The lowest BCUT2D eigenvalue weighted by Gasteiger charge is -2.22. The molecular formula is C16H23NO7S. The van der Waals surface area contributed by atoms with Crippen molar-refractivity contribution in [3.8, 4) is 0 Å². The molecule has 1 atom stereocenters. The zero-order chi connectivity index (χ0) is 19.1. The summed E-state index contributed by atoms with van der Waals surface area (Å²) in [5.41, 5.74) is -0.234. The van der Waals surface area contributed by atoms with Crippen LogP contribution in [0, 0.1) is 0 Å². The summed E-state index contributed by atoms with van der Waals surface area (Å²) >= 11 is 0. The maximum Gasteiger partial charge on any atom is 0.408 e. The number of amides is 1. The molecule has 0 aliphatic rings. The fourth-order valence-corrected chi connectivity index (χ4v) is 2.78. The third-order valence-electron chi connectivity index (χ3n) is 2.78. The van der Waals surface area contributed by atoms with Crippen molar-refractivity contribution >= 4 is 22.2 Å². The van der Waals surface area contributed by atoms with Gasteiger partial charge in [0.1, 0.15) is 11.4 Å². The van der Waals surface area contributed by atoms with Gasteiger partial charge in [-0.3, -0.25) is 4.18 Å². The van der Waals surface area contributed by atoms with Crippen LogP contribution in [-0.2, 0) is 34.3 Å². The minimum absolute atomic E-state index is 0.353. The lowest BCUT2D eigenvalue weighted by molar-refractivity contribution is -0.143. The molecule has 0 spiro atoms. The number of nitrogens with one attached hydrogen (secondary N) is 1. The number of carbonyl (C=O) groups is 2. The Morgan fingerprint density at radius 2 is 1.76 bits per heavy atom. The van der Waals surface area contributed by atoms with E-state index in [2.05, 4.69) is 10.1 Å². The number of esters is 1. The van der Waals surface area contributed by atoms with Crippen molar-refractivity contribution < 1.29 is 31.7 Å². The Hall–Kier alpha value is -2.13. The molecule has 0 fully saturated rings. The van der Waals surface area contributed by atoms with E-state index in [4.69, 9.17) is 8.92 Å². The van der Waals surface area contributed by atoms with Crippen molar-refractivity contribution in [1.29, 1.82) is 0 Å². The number of methoxy groups -OCH3 is 1. The number of benzene rings is 1. The molecule has 1 N–H and O–H groups in total. The molecule has 8 nitrogen and oxygen atoms in total. The van der Waals surface area contributed by atoms with E-state index in [1.165, 1.54) is 0 Å². The van der Waals surface area contributed by atoms with Crippen LogP contribution in [0.5, 0.6) is 0 Å². The second-order valence-corrected chi connectivity index (χ2v) is 7.83. The minimum Gasteiger partial charge on any atom is -0.467 e. The van der Waals surface area contributed by atoms with E-state index in [0.717, 1.165) is 7.11 Å². The highest BCUT2D eigenvalue weighted by atomic mass is 32.2. The molecular weight excluding hydrogens is 350 g/mol. The molecule has 0 aromatic heterocycles. The summed E-state index contributed by atoms with van der Waals surface area (Å²) in [5, 5.41) is 2.24. The van der Waals surface area contributed by atoms with Gasteiger partial charge in [0, 0.05) is 0 Å². The monoisotopic (exact) mass is 373 g/mol. The van der Waals surface area contributed by atoms with E-state index in [9.17, 15) is 18.0 Å². The highest BCUT2D eigenvalue weighted by Gasteiger charge is 2.27. The number of carbonyl (C=O) groups excluding carboxylic acids is 2. The molecule has 0 unspecified atom stereocenters. The van der Waals surface area contributed by atoms with E-state index in [1.807, 2.05) is 0 Å². The molecule has 1 amide bonds. The summed E-state index contributed by atoms with van der Waals surface area (Å²) < 4.78 is 38.4. The van der Waals surface area contributed by atoms with Crippen LogP contribution in [0.4, 0.5) is 4.79 Å². The first-order valence-electron chi connectivity index (χ1n) is 7.51. The average molecular weight is 373 g/mol. The smallest absolute Gasteiger partial charge is 0.408 e. The summed E-state index contributed by atoms with van der Waals surface area (Å²) in [5.74, 6) is -1.20. The molecule has 0 radical (unpaired) electrons. The number of ether oxygens (including phenoxy) is 2. The Morgan fingerprint density at radius 1 is 1.16 bits per heavy atom. The standard InChI is InChI=1S/C16H23NO7S/c1-16(2,3)24-15(19)17-13(14(18)22-4)10-23-25(20,21)11-12-8-6-5-7-9-12/h5-9,13H,10-11H2,1-4H3,(H,17,19)/t13-/m0/s1. The zero-order valence-electron chi connectivity index (χ0n) is 14.6. The average Bonchev–Trinajstić information content (AvgIpc) is 2.49. The zero-order valence-corrected chi connectivity index (χ0v) is 15.5. The van der Waals surface area contributed by atoms with E-state index in [-0.39, 0.29) is 5.75 Å². The molecule has 0 saturated carbocycles. The summed E-state index contributed by atoms with van der Waals surface area (Å²) in [6, 6.07) is 7.12. The number of hydrogen-bond donors (Lipinski definition) is 1. The van der Waals surface area contributed by atoms with Crippen LogP contribution in [0.15, 0.2) is 30.3 Å². The van der Waals surface area contributed by atoms with Gasteiger partial charge < -0.3 is 14.8 Å². The molecule has 140 valence electrons. The van der Waals surface area contributed by atoms with Crippen molar-refractivity contribution in [2.45, 2.75) is 38.2 Å². The topological polar surface area (TPSA) is 108 Å². The fraction of sp³-hybridized carbons (Fsp3) is 0.500.